The van der Waals surface area contributed by atoms with Gasteiger partial charge in [-0.3, -0.25) is 4.79 Å². The van der Waals surface area contributed by atoms with Crippen LogP contribution in [-0.2, 0) is 0 Å². The van der Waals surface area contributed by atoms with Crippen molar-refractivity contribution >= 4 is 17.5 Å². The molecule has 3 atom stereocenters. The minimum atomic E-state index is -0.972. The highest BCUT2D eigenvalue weighted by molar-refractivity contribution is 6.30. The number of benzene rings is 1. The standard InChI is InChI=1S/C23H29ClN2O4/c1-2-3-8-21(28)30-23-18(15-9-11-17(24)12-10-15)13-16(14-25-23)22(29)26-19-6-4-5-7-20(19)27/h9-14,19-21,27-28H,2-8H2,1H3,(H,26,29). The van der Waals surface area contributed by atoms with Crippen LogP contribution in [0.3, 0.4) is 0 Å². The lowest BCUT2D eigenvalue weighted by atomic mass is 9.92. The van der Waals surface area contributed by atoms with Crippen molar-refractivity contribution in [3.05, 3.63) is 47.1 Å². The molecule has 0 radical (unpaired) electrons. The number of ether oxygens (including phenoxy) is 1. The number of carbonyl (C=O) groups is 1. The van der Waals surface area contributed by atoms with Gasteiger partial charge in [0.15, 0.2) is 6.29 Å². The van der Waals surface area contributed by atoms with Crippen LogP contribution in [0.2, 0.25) is 5.02 Å². The number of aliphatic hydroxyl groups excluding tert-OH is 2. The Morgan fingerprint density at radius 2 is 2.03 bits per heavy atom. The molecule has 1 aromatic carbocycles. The second kappa shape index (κ2) is 10.8. The molecule has 0 saturated heterocycles. The van der Waals surface area contributed by atoms with Crippen LogP contribution in [0.15, 0.2) is 36.5 Å². The molecule has 1 heterocycles. The molecule has 0 bridgehead atoms. The first kappa shape index (κ1) is 22.5. The van der Waals surface area contributed by atoms with Crippen LogP contribution < -0.4 is 10.1 Å². The van der Waals surface area contributed by atoms with Gasteiger partial charge in [0.25, 0.3) is 5.91 Å². The van der Waals surface area contributed by atoms with Crippen molar-refractivity contribution in [3.63, 3.8) is 0 Å². The van der Waals surface area contributed by atoms with Crippen molar-refractivity contribution in [2.45, 2.75) is 70.3 Å². The molecule has 1 saturated carbocycles. The number of nitrogens with zero attached hydrogens (tertiary/aromatic N) is 1. The third-order valence-corrected chi connectivity index (χ3v) is 5.62. The molecule has 162 valence electrons. The molecule has 3 N–H and O–H groups in total. The van der Waals surface area contributed by atoms with E-state index in [0.717, 1.165) is 37.7 Å². The molecule has 1 aromatic heterocycles. The van der Waals surface area contributed by atoms with Crippen LogP contribution in [0.4, 0.5) is 0 Å². The van der Waals surface area contributed by atoms with E-state index in [0.29, 0.717) is 29.0 Å². The minimum absolute atomic E-state index is 0.253. The smallest absolute Gasteiger partial charge is 0.253 e. The molecule has 2 aromatic rings. The molecule has 1 aliphatic rings. The summed E-state index contributed by atoms with van der Waals surface area (Å²) in [6.45, 7) is 2.04. The highest BCUT2D eigenvalue weighted by Crippen LogP contribution is 2.31. The van der Waals surface area contributed by atoms with Gasteiger partial charge in [0, 0.05) is 23.2 Å². The quantitative estimate of drug-likeness (QED) is 0.540. The van der Waals surface area contributed by atoms with Gasteiger partial charge in [0.05, 0.1) is 17.7 Å². The van der Waals surface area contributed by atoms with Crippen LogP contribution in [0.1, 0.15) is 62.2 Å². The minimum Gasteiger partial charge on any atom is -0.448 e. The topological polar surface area (TPSA) is 91.7 Å². The van der Waals surface area contributed by atoms with Gasteiger partial charge in [-0.15, -0.1) is 0 Å². The van der Waals surface area contributed by atoms with Crippen molar-refractivity contribution < 1.29 is 19.7 Å². The predicted molar refractivity (Wildman–Crippen MR) is 117 cm³/mol. The van der Waals surface area contributed by atoms with Crippen LogP contribution in [0, 0.1) is 0 Å². The molecule has 30 heavy (non-hydrogen) atoms. The highest BCUT2D eigenvalue weighted by Gasteiger charge is 2.25. The van der Waals surface area contributed by atoms with E-state index in [9.17, 15) is 15.0 Å². The first-order valence-electron chi connectivity index (χ1n) is 10.6. The summed E-state index contributed by atoms with van der Waals surface area (Å²) in [6.07, 6.45) is 5.64. The largest absolute Gasteiger partial charge is 0.448 e. The van der Waals surface area contributed by atoms with Gasteiger partial charge in [-0.25, -0.2) is 4.98 Å². The van der Waals surface area contributed by atoms with Crippen LogP contribution in [-0.4, -0.2) is 39.5 Å². The molecular weight excluding hydrogens is 404 g/mol. The summed E-state index contributed by atoms with van der Waals surface area (Å²) in [4.78, 5) is 17.1. The third kappa shape index (κ3) is 5.94. The second-order valence-electron chi connectivity index (χ2n) is 7.73. The number of aliphatic hydroxyl groups is 2. The van der Waals surface area contributed by atoms with Crippen LogP contribution in [0.25, 0.3) is 11.1 Å². The fourth-order valence-corrected chi connectivity index (χ4v) is 3.73. The summed E-state index contributed by atoms with van der Waals surface area (Å²) in [5.41, 5.74) is 1.74. The maximum atomic E-state index is 12.8. The Labute approximate surface area is 182 Å². The van der Waals surface area contributed by atoms with E-state index in [4.69, 9.17) is 16.3 Å². The van der Waals surface area contributed by atoms with Crippen molar-refractivity contribution in [1.29, 1.82) is 0 Å². The Morgan fingerprint density at radius 1 is 1.30 bits per heavy atom. The molecule has 0 spiro atoms. The summed E-state index contributed by atoms with van der Waals surface area (Å²) < 4.78 is 5.67. The number of hydrogen-bond acceptors (Lipinski definition) is 5. The van der Waals surface area contributed by atoms with Crippen LogP contribution in [0.5, 0.6) is 5.88 Å². The zero-order valence-corrected chi connectivity index (χ0v) is 17.9. The number of hydrogen-bond donors (Lipinski definition) is 3. The predicted octanol–water partition coefficient (Wildman–Crippen LogP) is 4.32. The van der Waals surface area contributed by atoms with Crippen molar-refractivity contribution in [2.24, 2.45) is 0 Å². The number of amides is 1. The number of unbranched alkanes of at least 4 members (excludes halogenated alkanes) is 1. The molecule has 1 fully saturated rings. The van der Waals surface area contributed by atoms with Crippen molar-refractivity contribution in [3.8, 4) is 17.0 Å². The lowest BCUT2D eigenvalue weighted by Crippen LogP contribution is -2.45. The summed E-state index contributed by atoms with van der Waals surface area (Å²) in [5.74, 6) is -0.0306. The highest BCUT2D eigenvalue weighted by atomic mass is 35.5. The third-order valence-electron chi connectivity index (χ3n) is 5.37. The summed E-state index contributed by atoms with van der Waals surface area (Å²) in [7, 11) is 0. The number of aromatic nitrogens is 1. The SMILES string of the molecule is CCCCC(O)Oc1ncc(C(=O)NC2CCCCC2O)cc1-c1ccc(Cl)cc1. The number of carbonyl (C=O) groups excluding carboxylic acids is 1. The van der Waals surface area contributed by atoms with Crippen molar-refractivity contribution in [2.75, 3.05) is 0 Å². The molecule has 1 amide bonds. The molecule has 1 aliphatic carbocycles. The number of rotatable bonds is 8. The number of nitrogens with one attached hydrogen (secondary N) is 1. The van der Waals surface area contributed by atoms with E-state index in [1.165, 1.54) is 6.20 Å². The lowest BCUT2D eigenvalue weighted by Gasteiger charge is -2.28. The van der Waals surface area contributed by atoms with E-state index in [1.807, 2.05) is 19.1 Å². The average Bonchev–Trinajstić information content (AvgIpc) is 2.75. The van der Waals surface area contributed by atoms with Crippen molar-refractivity contribution in [1.82, 2.24) is 10.3 Å². The fraction of sp³-hybridized carbons (Fsp3) is 0.478. The molecule has 3 rings (SSSR count). The Balaban J connectivity index is 1.85. The Hall–Kier alpha value is -2.15. The van der Waals surface area contributed by atoms with Gasteiger partial charge in [0.2, 0.25) is 5.88 Å². The van der Waals surface area contributed by atoms with Gasteiger partial charge in [-0.2, -0.15) is 0 Å². The zero-order chi connectivity index (χ0) is 21.5. The maximum Gasteiger partial charge on any atom is 0.253 e. The first-order chi connectivity index (χ1) is 14.5. The van der Waals surface area contributed by atoms with E-state index in [2.05, 4.69) is 10.3 Å². The van der Waals surface area contributed by atoms with Gasteiger partial charge >= 0.3 is 0 Å². The first-order valence-corrected chi connectivity index (χ1v) is 11.0. The van der Waals surface area contributed by atoms with Gasteiger partial charge in [-0.05, 0) is 43.0 Å². The van der Waals surface area contributed by atoms with E-state index >= 15 is 0 Å². The summed E-state index contributed by atoms with van der Waals surface area (Å²) in [5, 5.41) is 23.8. The number of pyridine rings is 1. The number of halogens is 1. The van der Waals surface area contributed by atoms with Crippen LogP contribution >= 0.6 is 11.6 Å². The molecule has 0 aliphatic heterocycles. The summed E-state index contributed by atoms with van der Waals surface area (Å²) in [6, 6.07) is 8.58. The van der Waals surface area contributed by atoms with E-state index in [1.54, 1.807) is 18.2 Å². The van der Waals surface area contributed by atoms with Gasteiger partial charge in [-0.1, -0.05) is 49.9 Å². The second-order valence-corrected chi connectivity index (χ2v) is 8.17. The van der Waals surface area contributed by atoms with Gasteiger partial charge < -0.3 is 20.3 Å². The molecule has 3 unspecified atom stereocenters. The molecular formula is C23H29ClN2O4. The molecule has 7 heteroatoms. The summed E-state index contributed by atoms with van der Waals surface area (Å²) >= 11 is 6.01. The normalized spacial score (nSPS) is 19.9. The molecule has 6 nitrogen and oxygen atoms in total. The Kier molecular flexibility index (Phi) is 8.08. The van der Waals surface area contributed by atoms with E-state index < -0.39 is 12.4 Å². The Bertz CT molecular complexity index is 844. The zero-order valence-electron chi connectivity index (χ0n) is 17.2. The average molecular weight is 433 g/mol. The monoisotopic (exact) mass is 432 g/mol. The van der Waals surface area contributed by atoms with E-state index in [-0.39, 0.29) is 17.8 Å². The lowest BCUT2D eigenvalue weighted by molar-refractivity contribution is -0.0269. The Morgan fingerprint density at radius 3 is 2.73 bits per heavy atom. The van der Waals surface area contributed by atoms with Gasteiger partial charge in [0.1, 0.15) is 0 Å². The fourth-order valence-electron chi connectivity index (χ4n) is 3.60. The maximum absolute atomic E-state index is 12.8.